The lowest BCUT2D eigenvalue weighted by Gasteiger charge is -2.06. The molecule has 1 aromatic heterocycles. The predicted octanol–water partition coefficient (Wildman–Crippen LogP) is 2.70. The topological polar surface area (TPSA) is 51.3 Å². The number of ether oxygens (including phenoxy) is 2. The van der Waals surface area contributed by atoms with Crippen LogP contribution >= 0.6 is 0 Å². The Labute approximate surface area is 109 Å². The Kier molecular flexibility index (Phi) is 2.63. The molecular weight excluding hydrogens is 242 g/mol. The van der Waals surface area contributed by atoms with Gasteiger partial charge in [-0.25, -0.2) is 0 Å². The average molecular weight is 255 g/mol. The number of nitrogens with one attached hydrogen (secondary N) is 1. The summed E-state index contributed by atoms with van der Waals surface area (Å²) >= 11 is 0. The van der Waals surface area contributed by atoms with E-state index in [-0.39, 0.29) is 5.43 Å². The van der Waals surface area contributed by atoms with Crippen LogP contribution in [0.25, 0.3) is 21.8 Å². The van der Waals surface area contributed by atoms with Gasteiger partial charge in [0.15, 0.2) is 5.43 Å². The third kappa shape index (κ3) is 1.81. The summed E-state index contributed by atoms with van der Waals surface area (Å²) in [4.78, 5) is 15.7. The molecule has 0 atom stereocenters. The van der Waals surface area contributed by atoms with E-state index in [0.717, 1.165) is 11.0 Å². The second kappa shape index (κ2) is 4.31. The molecule has 0 radical (unpaired) electrons. The van der Waals surface area contributed by atoms with Crippen molar-refractivity contribution in [1.29, 1.82) is 0 Å². The maximum absolute atomic E-state index is 12.5. The van der Waals surface area contributed by atoms with Crippen LogP contribution in [0.2, 0.25) is 0 Å². The van der Waals surface area contributed by atoms with E-state index in [0.29, 0.717) is 22.3 Å². The number of aromatic amines is 1. The summed E-state index contributed by atoms with van der Waals surface area (Å²) in [5.41, 5.74) is 1.56. The number of H-pyrrole nitrogens is 1. The first-order chi connectivity index (χ1) is 9.22. The van der Waals surface area contributed by atoms with Gasteiger partial charge in [-0.05, 0) is 36.4 Å². The molecule has 1 heterocycles. The lowest BCUT2D eigenvalue weighted by Crippen LogP contribution is -2.04. The molecule has 3 rings (SSSR count). The monoisotopic (exact) mass is 255 g/mol. The van der Waals surface area contributed by atoms with E-state index < -0.39 is 0 Å². The fourth-order valence-corrected chi connectivity index (χ4v) is 2.18. The normalized spacial score (nSPS) is 10.8. The number of hydrogen-bond acceptors (Lipinski definition) is 3. The molecular formula is C15H13NO3. The molecule has 0 aliphatic rings. The van der Waals surface area contributed by atoms with Crippen molar-refractivity contribution in [2.24, 2.45) is 0 Å². The zero-order valence-electron chi connectivity index (χ0n) is 10.7. The SMILES string of the molecule is COc1ccc2[nH]c3ccc(OC)cc3c(=O)c2c1. The van der Waals surface area contributed by atoms with Gasteiger partial charge in [-0.3, -0.25) is 4.79 Å². The van der Waals surface area contributed by atoms with Crippen molar-refractivity contribution in [3.05, 3.63) is 46.6 Å². The number of rotatable bonds is 2. The van der Waals surface area contributed by atoms with Gasteiger partial charge >= 0.3 is 0 Å². The van der Waals surface area contributed by atoms with Crippen molar-refractivity contribution < 1.29 is 9.47 Å². The molecule has 0 bridgehead atoms. The maximum Gasteiger partial charge on any atom is 0.197 e. The summed E-state index contributed by atoms with van der Waals surface area (Å²) in [5, 5.41) is 1.22. The van der Waals surface area contributed by atoms with E-state index >= 15 is 0 Å². The van der Waals surface area contributed by atoms with Crippen molar-refractivity contribution in [1.82, 2.24) is 4.98 Å². The van der Waals surface area contributed by atoms with E-state index in [2.05, 4.69) is 4.98 Å². The van der Waals surface area contributed by atoms with E-state index in [9.17, 15) is 4.79 Å². The van der Waals surface area contributed by atoms with Crippen LogP contribution < -0.4 is 14.9 Å². The molecule has 0 fully saturated rings. The fourth-order valence-electron chi connectivity index (χ4n) is 2.18. The second-order valence-corrected chi connectivity index (χ2v) is 4.28. The molecule has 1 N–H and O–H groups in total. The van der Waals surface area contributed by atoms with Crippen LogP contribution in [0.4, 0.5) is 0 Å². The first-order valence-electron chi connectivity index (χ1n) is 5.90. The zero-order valence-corrected chi connectivity index (χ0v) is 10.7. The van der Waals surface area contributed by atoms with E-state index in [1.54, 1.807) is 26.4 Å². The first kappa shape index (κ1) is 11.6. The highest BCUT2D eigenvalue weighted by Crippen LogP contribution is 2.22. The van der Waals surface area contributed by atoms with E-state index in [1.807, 2.05) is 24.3 Å². The molecule has 0 amide bonds. The largest absolute Gasteiger partial charge is 0.497 e. The number of fused-ring (bicyclic) bond motifs is 2. The van der Waals surface area contributed by atoms with Crippen molar-refractivity contribution >= 4 is 21.8 Å². The van der Waals surface area contributed by atoms with E-state index in [1.165, 1.54) is 0 Å². The van der Waals surface area contributed by atoms with Crippen molar-refractivity contribution in [3.8, 4) is 11.5 Å². The Hall–Kier alpha value is -2.49. The third-order valence-electron chi connectivity index (χ3n) is 3.21. The molecule has 0 saturated carbocycles. The number of benzene rings is 2. The molecule has 4 heteroatoms. The number of pyridine rings is 1. The van der Waals surface area contributed by atoms with Gasteiger partial charge in [0.1, 0.15) is 11.5 Å². The van der Waals surface area contributed by atoms with Crippen LogP contribution in [0.1, 0.15) is 0 Å². The number of hydrogen-bond donors (Lipinski definition) is 1. The van der Waals surface area contributed by atoms with Gasteiger partial charge < -0.3 is 14.5 Å². The maximum atomic E-state index is 12.5. The van der Waals surface area contributed by atoms with Crippen molar-refractivity contribution in [3.63, 3.8) is 0 Å². The molecule has 0 aliphatic carbocycles. The molecule has 3 aromatic rings. The molecule has 0 spiro atoms. The average Bonchev–Trinajstić information content (AvgIpc) is 2.47. The van der Waals surface area contributed by atoms with Gasteiger partial charge in [-0.15, -0.1) is 0 Å². The Morgan fingerprint density at radius 1 is 0.842 bits per heavy atom. The summed E-state index contributed by atoms with van der Waals surface area (Å²) < 4.78 is 10.3. The van der Waals surface area contributed by atoms with Gasteiger partial charge in [0.05, 0.1) is 25.3 Å². The van der Waals surface area contributed by atoms with Crippen LogP contribution in [0.5, 0.6) is 11.5 Å². The summed E-state index contributed by atoms with van der Waals surface area (Å²) in [6.07, 6.45) is 0. The van der Waals surface area contributed by atoms with Gasteiger partial charge in [-0.1, -0.05) is 0 Å². The minimum absolute atomic E-state index is 0.0263. The highest BCUT2D eigenvalue weighted by atomic mass is 16.5. The highest BCUT2D eigenvalue weighted by Gasteiger charge is 2.07. The smallest absolute Gasteiger partial charge is 0.197 e. The predicted molar refractivity (Wildman–Crippen MR) is 75.2 cm³/mol. The van der Waals surface area contributed by atoms with Gasteiger partial charge in [0.25, 0.3) is 0 Å². The fraction of sp³-hybridized carbons (Fsp3) is 0.133. The highest BCUT2D eigenvalue weighted by molar-refractivity contribution is 5.93. The Bertz CT molecular complexity index is 756. The Morgan fingerprint density at radius 3 is 1.74 bits per heavy atom. The van der Waals surface area contributed by atoms with Crippen molar-refractivity contribution in [2.45, 2.75) is 0 Å². The van der Waals surface area contributed by atoms with E-state index in [4.69, 9.17) is 9.47 Å². The summed E-state index contributed by atoms with van der Waals surface area (Å²) in [6, 6.07) is 10.8. The van der Waals surface area contributed by atoms with Crippen LogP contribution in [0, 0.1) is 0 Å². The minimum atomic E-state index is -0.0263. The third-order valence-corrected chi connectivity index (χ3v) is 3.21. The number of aromatic nitrogens is 1. The second-order valence-electron chi connectivity index (χ2n) is 4.28. The number of methoxy groups -OCH3 is 2. The Balaban J connectivity index is 2.43. The minimum Gasteiger partial charge on any atom is -0.497 e. The standard InChI is InChI=1S/C15H13NO3/c1-18-9-3-5-13-11(7-9)15(17)12-8-10(19-2)4-6-14(12)16-13/h3-8H,1-2H3,(H,16,17). The zero-order chi connectivity index (χ0) is 13.4. The molecule has 2 aromatic carbocycles. The summed E-state index contributed by atoms with van der Waals surface area (Å²) in [5.74, 6) is 1.33. The van der Waals surface area contributed by atoms with Crippen LogP contribution in [-0.4, -0.2) is 19.2 Å². The van der Waals surface area contributed by atoms with Crippen LogP contribution in [0.3, 0.4) is 0 Å². The lowest BCUT2D eigenvalue weighted by atomic mass is 10.1. The molecule has 96 valence electrons. The Morgan fingerprint density at radius 2 is 1.32 bits per heavy atom. The van der Waals surface area contributed by atoms with Gasteiger partial charge in [0, 0.05) is 10.8 Å². The molecule has 4 nitrogen and oxygen atoms in total. The molecule has 0 saturated heterocycles. The van der Waals surface area contributed by atoms with Crippen LogP contribution in [-0.2, 0) is 0 Å². The summed E-state index contributed by atoms with van der Waals surface area (Å²) in [6.45, 7) is 0. The van der Waals surface area contributed by atoms with Gasteiger partial charge in [-0.2, -0.15) is 0 Å². The molecule has 19 heavy (non-hydrogen) atoms. The van der Waals surface area contributed by atoms with Crippen molar-refractivity contribution in [2.75, 3.05) is 14.2 Å². The molecule has 0 unspecified atom stereocenters. The summed E-state index contributed by atoms with van der Waals surface area (Å²) in [7, 11) is 3.17. The van der Waals surface area contributed by atoms with Crippen LogP contribution in [0.15, 0.2) is 41.2 Å². The molecule has 0 aliphatic heterocycles. The quantitative estimate of drug-likeness (QED) is 0.716. The first-order valence-corrected chi connectivity index (χ1v) is 5.90. The lowest BCUT2D eigenvalue weighted by molar-refractivity contribution is 0.415. The van der Waals surface area contributed by atoms with Gasteiger partial charge in [0.2, 0.25) is 0 Å².